The average molecular weight is 159 g/mol. The van der Waals surface area contributed by atoms with Gasteiger partial charge in [-0.15, -0.1) is 9.79 Å². The van der Waals surface area contributed by atoms with Crippen molar-refractivity contribution in [1.29, 1.82) is 0 Å². The van der Waals surface area contributed by atoms with Crippen molar-refractivity contribution in [2.24, 2.45) is 0 Å². The highest BCUT2D eigenvalue weighted by atomic mass is 31.1. The fraction of sp³-hybridized carbons (Fsp3) is 1.00. The first-order chi connectivity index (χ1) is 3.65. The highest BCUT2D eigenvalue weighted by Gasteiger charge is 1.93. The fourth-order valence-electron chi connectivity index (χ4n) is 0. The second-order valence-corrected chi connectivity index (χ2v) is 1.76. The molecule has 0 atom stereocenters. The van der Waals surface area contributed by atoms with E-state index in [0.717, 1.165) is 0 Å². The van der Waals surface area contributed by atoms with Crippen LogP contribution in [0.15, 0.2) is 0 Å². The third-order valence-corrected chi connectivity index (χ3v) is 0.500. The largest absolute Gasteiger partial charge is 0.692 e. The lowest BCUT2D eigenvalue weighted by molar-refractivity contribution is 0.405. The highest BCUT2D eigenvalue weighted by Crippen LogP contribution is 1.98. The zero-order valence-corrected chi connectivity index (χ0v) is 6.47. The minimum absolute atomic E-state index is 0. The molecule has 0 saturated carbocycles. The summed E-state index contributed by atoms with van der Waals surface area (Å²) in [7, 11) is -2.87. The monoisotopic (exact) mass is 159 g/mol. The predicted octanol–water partition coefficient (Wildman–Crippen LogP) is 1.59. The van der Waals surface area contributed by atoms with Crippen LogP contribution in [0.3, 0.4) is 0 Å². The fourth-order valence-corrected chi connectivity index (χ4v) is 0. The maximum absolute atomic E-state index is 8.70. The van der Waals surface area contributed by atoms with Crippen molar-refractivity contribution in [1.82, 2.24) is 0 Å². The number of unbranched alkanes of at least 4 members (excludes halogenated alkanes) is 1. The molecule has 0 aliphatic heterocycles. The van der Waals surface area contributed by atoms with Gasteiger partial charge in [-0.25, -0.2) is 0 Å². The van der Waals surface area contributed by atoms with E-state index in [1.165, 1.54) is 12.8 Å². The van der Waals surface area contributed by atoms with E-state index < -0.39 is 8.25 Å². The molecule has 0 heterocycles. The van der Waals surface area contributed by atoms with Crippen molar-refractivity contribution in [3.63, 3.8) is 0 Å². The minimum atomic E-state index is -2.87. The summed E-state index contributed by atoms with van der Waals surface area (Å²) in [6, 6.07) is 0. The van der Waals surface area contributed by atoms with Crippen LogP contribution in [0.25, 0.3) is 0 Å². The van der Waals surface area contributed by atoms with Crippen molar-refractivity contribution >= 4 is 8.25 Å². The van der Waals surface area contributed by atoms with E-state index >= 15 is 0 Å². The van der Waals surface area contributed by atoms with E-state index in [2.05, 4.69) is 13.8 Å². The summed E-state index contributed by atoms with van der Waals surface area (Å²) < 4.78 is 8.70. The van der Waals surface area contributed by atoms with Gasteiger partial charge in [0.1, 0.15) is 0 Å². The summed E-state index contributed by atoms with van der Waals surface area (Å²) in [6.45, 7) is 4.36. The molecule has 9 heavy (non-hydrogen) atoms. The highest BCUT2D eigenvalue weighted by molar-refractivity contribution is 7.30. The topological polar surface area (TPSA) is 57.5 Å². The molecular formula is C4H13FO3P+. The Bertz CT molecular complexity index is 53.8. The van der Waals surface area contributed by atoms with Crippen LogP contribution in [-0.2, 0) is 4.57 Å². The Balaban J connectivity index is -0.0000000720. The Hall–Kier alpha value is -0.0500. The van der Waals surface area contributed by atoms with Gasteiger partial charge in [0.25, 0.3) is 0 Å². The SMILES string of the molecule is CCCC.F.O=[P+](O)O. The van der Waals surface area contributed by atoms with Gasteiger partial charge in [-0.1, -0.05) is 26.7 Å². The molecule has 58 valence electrons. The maximum Gasteiger partial charge on any atom is 0.692 e. The van der Waals surface area contributed by atoms with E-state index in [9.17, 15) is 0 Å². The van der Waals surface area contributed by atoms with Gasteiger partial charge in [0.05, 0.1) is 0 Å². The van der Waals surface area contributed by atoms with Gasteiger partial charge in [-0.3, -0.25) is 4.70 Å². The lowest BCUT2D eigenvalue weighted by Gasteiger charge is -1.68. The molecule has 0 bridgehead atoms. The summed E-state index contributed by atoms with van der Waals surface area (Å²) in [6.07, 6.45) is 2.64. The van der Waals surface area contributed by atoms with Gasteiger partial charge in [0.2, 0.25) is 0 Å². The van der Waals surface area contributed by atoms with Gasteiger partial charge in [0.15, 0.2) is 0 Å². The Kier molecular flexibility index (Phi) is 27.8. The summed E-state index contributed by atoms with van der Waals surface area (Å²) >= 11 is 0. The van der Waals surface area contributed by atoms with E-state index in [0.29, 0.717) is 0 Å². The number of halogens is 1. The molecule has 0 aromatic heterocycles. The summed E-state index contributed by atoms with van der Waals surface area (Å²) in [4.78, 5) is 14.2. The number of hydrogen-bond acceptors (Lipinski definition) is 1. The third-order valence-electron chi connectivity index (χ3n) is 0.500. The molecule has 0 rings (SSSR count). The van der Waals surface area contributed by atoms with Crippen LogP contribution in [0.2, 0.25) is 0 Å². The molecule has 0 radical (unpaired) electrons. The van der Waals surface area contributed by atoms with Crippen molar-refractivity contribution in [2.75, 3.05) is 0 Å². The van der Waals surface area contributed by atoms with Crippen molar-refractivity contribution in [2.45, 2.75) is 26.7 Å². The molecule has 3 nitrogen and oxygen atoms in total. The third kappa shape index (κ3) is 312. The molecule has 0 aliphatic rings. The zero-order valence-electron chi connectivity index (χ0n) is 5.57. The molecule has 0 fully saturated rings. The van der Waals surface area contributed by atoms with Crippen LogP contribution >= 0.6 is 8.25 Å². The van der Waals surface area contributed by atoms with Crippen molar-refractivity contribution < 1.29 is 19.1 Å². The zero-order chi connectivity index (χ0) is 6.99. The average Bonchev–Trinajstić information content (AvgIpc) is 1.65. The van der Waals surface area contributed by atoms with Crippen molar-refractivity contribution in [3.8, 4) is 0 Å². The first kappa shape index (κ1) is 16.0. The summed E-state index contributed by atoms with van der Waals surface area (Å²) in [5, 5.41) is 0. The Labute approximate surface area is 55.0 Å². The standard InChI is InChI=1S/C4H10.FH.HO3P/c1-3-4-2;;1-4(2)3/h3-4H2,1-2H3;1H;(H-,1,2,3)/p+1. The Morgan fingerprint density at radius 2 is 1.33 bits per heavy atom. The van der Waals surface area contributed by atoms with Crippen LogP contribution in [0.1, 0.15) is 26.7 Å². The number of hydrogen-bond donors (Lipinski definition) is 2. The first-order valence-electron chi connectivity index (χ1n) is 2.50. The van der Waals surface area contributed by atoms with Gasteiger partial charge in [0, 0.05) is 4.57 Å². The molecule has 0 amide bonds. The van der Waals surface area contributed by atoms with Crippen LogP contribution < -0.4 is 0 Å². The second kappa shape index (κ2) is 15.7. The Morgan fingerprint density at radius 1 is 1.22 bits per heavy atom. The molecule has 0 aromatic rings. The van der Waals surface area contributed by atoms with Crippen LogP contribution in [-0.4, -0.2) is 9.79 Å². The van der Waals surface area contributed by atoms with E-state index in [-0.39, 0.29) is 4.70 Å². The van der Waals surface area contributed by atoms with Crippen molar-refractivity contribution in [3.05, 3.63) is 0 Å². The molecule has 0 aromatic carbocycles. The van der Waals surface area contributed by atoms with Crippen LogP contribution in [0, 0.1) is 0 Å². The molecule has 0 saturated heterocycles. The smallest absolute Gasteiger partial charge is 0.269 e. The lowest BCUT2D eigenvalue weighted by atomic mass is 10.4. The Morgan fingerprint density at radius 3 is 1.33 bits per heavy atom. The summed E-state index contributed by atoms with van der Waals surface area (Å²) in [5.41, 5.74) is 0. The molecular weight excluding hydrogens is 146 g/mol. The van der Waals surface area contributed by atoms with Gasteiger partial charge >= 0.3 is 8.25 Å². The normalized spacial score (nSPS) is 6.22. The number of rotatable bonds is 1. The molecule has 0 aliphatic carbocycles. The van der Waals surface area contributed by atoms with Crippen LogP contribution in [0.4, 0.5) is 4.70 Å². The van der Waals surface area contributed by atoms with Gasteiger partial charge in [-0.2, -0.15) is 0 Å². The molecule has 5 heteroatoms. The first-order valence-corrected chi connectivity index (χ1v) is 3.66. The van der Waals surface area contributed by atoms with E-state index in [1.54, 1.807) is 0 Å². The molecule has 2 N–H and O–H groups in total. The van der Waals surface area contributed by atoms with E-state index in [4.69, 9.17) is 14.4 Å². The minimum Gasteiger partial charge on any atom is -0.269 e. The van der Waals surface area contributed by atoms with Gasteiger partial charge < -0.3 is 0 Å². The molecule has 0 spiro atoms. The summed E-state index contributed by atoms with van der Waals surface area (Å²) in [5.74, 6) is 0. The predicted molar refractivity (Wildman–Crippen MR) is 35.1 cm³/mol. The maximum atomic E-state index is 8.70. The van der Waals surface area contributed by atoms with E-state index in [1.807, 2.05) is 0 Å². The quantitative estimate of drug-likeness (QED) is 0.571. The lowest BCUT2D eigenvalue weighted by Crippen LogP contribution is -1.47. The van der Waals surface area contributed by atoms with Crippen LogP contribution in [0.5, 0.6) is 0 Å². The molecule has 0 unspecified atom stereocenters. The van der Waals surface area contributed by atoms with Gasteiger partial charge in [-0.05, 0) is 0 Å². The second-order valence-electron chi connectivity index (χ2n) is 1.25.